The molecule has 0 N–H and O–H groups in total. The first-order valence-electron chi connectivity index (χ1n) is 7.48. The Balaban J connectivity index is 0. The van der Waals surface area contributed by atoms with Crippen molar-refractivity contribution in [1.29, 1.82) is 0 Å². The topological polar surface area (TPSA) is 0 Å². The molecule has 0 aromatic heterocycles. The Morgan fingerprint density at radius 3 is 1.91 bits per heavy atom. The molecule has 0 saturated carbocycles. The third kappa shape index (κ3) is 5.49. The molecule has 0 bridgehead atoms. The molecule has 23 heavy (non-hydrogen) atoms. The summed E-state index contributed by atoms with van der Waals surface area (Å²) in [6.07, 6.45) is 0. The minimum Gasteiger partial charge on any atom is -0.147 e. The van der Waals surface area contributed by atoms with Crippen LogP contribution in [0.4, 0.5) is 0 Å². The number of rotatable bonds is 2. The first kappa shape index (κ1) is 25.7. The molecule has 0 amide bonds. The summed E-state index contributed by atoms with van der Waals surface area (Å²) in [5, 5.41) is 1.72. The van der Waals surface area contributed by atoms with E-state index in [0.717, 1.165) is 5.92 Å². The van der Waals surface area contributed by atoms with Crippen LogP contribution in [-0.2, 0) is 24.6 Å². The zero-order chi connectivity index (χ0) is 15.1. The van der Waals surface area contributed by atoms with E-state index in [1.807, 2.05) is 0 Å². The van der Waals surface area contributed by atoms with E-state index in [9.17, 15) is 0 Å². The van der Waals surface area contributed by atoms with Crippen LogP contribution >= 0.6 is 37.2 Å². The zero-order valence-corrected chi connectivity index (χ0v) is 21.1. The van der Waals surface area contributed by atoms with Gasteiger partial charge in [0.2, 0.25) is 0 Å². The number of allylic oxidation sites excluding steroid dienone is 4. The maximum atomic E-state index is 2.42. The van der Waals surface area contributed by atoms with E-state index in [4.69, 9.17) is 0 Å². The minimum absolute atomic E-state index is 0. The summed E-state index contributed by atoms with van der Waals surface area (Å²) in [7, 11) is 1.21. The van der Waals surface area contributed by atoms with Crippen molar-refractivity contribution in [3.63, 3.8) is 0 Å². The van der Waals surface area contributed by atoms with Crippen LogP contribution in [0.1, 0.15) is 47.1 Å². The van der Waals surface area contributed by atoms with Gasteiger partial charge in [-0.05, 0) is 0 Å². The molecule has 0 radical (unpaired) electrons. The van der Waals surface area contributed by atoms with E-state index in [-0.39, 0.29) is 61.8 Å². The molecule has 0 heterocycles. The number of halogens is 3. The van der Waals surface area contributed by atoms with Crippen molar-refractivity contribution in [2.24, 2.45) is 5.92 Å². The summed E-state index contributed by atoms with van der Waals surface area (Å²) in [4.78, 5) is 0. The van der Waals surface area contributed by atoms with Crippen molar-refractivity contribution in [3.05, 3.63) is 50.0 Å². The fourth-order valence-electron chi connectivity index (χ4n) is 2.96. The van der Waals surface area contributed by atoms with Crippen LogP contribution in [0.2, 0.25) is 0 Å². The summed E-state index contributed by atoms with van der Waals surface area (Å²) >= 11 is -0.196. The monoisotopic (exact) mass is 426 g/mol. The van der Waals surface area contributed by atoms with E-state index in [2.05, 4.69) is 65.8 Å². The average molecular weight is 428 g/mol. The fourth-order valence-corrected chi connectivity index (χ4v) is 6.99. The summed E-state index contributed by atoms with van der Waals surface area (Å²) in [5.74, 6) is 0.717. The predicted molar refractivity (Wildman–Crippen MR) is 111 cm³/mol. The van der Waals surface area contributed by atoms with Gasteiger partial charge >= 0.3 is 136 Å². The van der Waals surface area contributed by atoms with Gasteiger partial charge in [0.15, 0.2) is 0 Å². The standard InChI is InChI=1S/C10H13.C8H13Si.3ClH.Ti/c1-10(2,3)9-7-5-4-6-8-9;1-5-4-6(2)8(9)7(5)3;;;;/h4-7H,1-3H3;6H,1-3,9H3;3*1H;. The summed E-state index contributed by atoms with van der Waals surface area (Å²) in [6, 6.07) is 9.10. The third-order valence-corrected chi connectivity index (χ3v) is 9.04. The molecule has 0 spiro atoms. The van der Waals surface area contributed by atoms with Crippen LogP contribution in [0.3, 0.4) is 0 Å². The maximum absolute atomic E-state index is 2.42. The average Bonchev–Trinajstić information content (AvgIpc) is 2.56. The number of hydrogen-bond acceptors (Lipinski definition) is 0. The molecule has 1 aromatic rings. The van der Waals surface area contributed by atoms with E-state index < -0.39 is 0 Å². The molecule has 1 aliphatic rings. The van der Waals surface area contributed by atoms with Crippen molar-refractivity contribution in [1.82, 2.24) is 0 Å². The molecule has 0 saturated heterocycles. The van der Waals surface area contributed by atoms with Gasteiger partial charge < -0.3 is 0 Å². The SMILES string of the molecule is CC1=C([SiH3])C(C)[C]([Ti][c]2ccccc2C(C)(C)C)=C1C.Cl.Cl.Cl. The van der Waals surface area contributed by atoms with Crippen molar-refractivity contribution < 1.29 is 19.2 Å². The second-order valence-electron chi connectivity index (χ2n) is 6.99. The Morgan fingerprint density at radius 2 is 1.48 bits per heavy atom. The Labute approximate surface area is 172 Å². The van der Waals surface area contributed by atoms with E-state index >= 15 is 0 Å². The van der Waals surface area contributed by atoms with Gasteiger partial charge in [-0.3, -0.25) is 0 Å². The second-order valence-corrected chi connectivity index (χ2v) is 10.1. The van der Waals surface area contributed by atoms with Crippen LogP contribution in [0, 0.1) is 5.92 Å². The molecule has 2 rings (SSSR count). The maximum Gasteiger partial charge on any atom is -0.147 e. The molecule has 5 heteroatoms. The van der Waals surface area contributed by atoms with Gasteiger partial charge in [0.25, 0.3) is 0 Å². The normalized spacial score (nSPS) is 17.4. The van der Waals surface area contributed by atoms with E-state index in [1.165, 1.54) is 10.2 Å². The van der Waals surface area contributed by atoms with Gasteiger partial charge in [-0.2, -0.15) is 0 Å². The summed E-state index contributed by atoms with van der Waals surface area (Å²) in [5.41, 5.74) is 5.00. The third-order valence-electron chi connectivity index (χ3n) is 4.64. The molecule has 0 aliphatic heterocycles. The Hall–Kier alpha value is 0.501. The van der Waals surface area contributed by atoms with Crippen molar-refractivity contribution in [3.8, 4) is 0 Å². The molecule has 1 aromatic carbocycles. The van der Waals surface area contributed by atoms with E-state index in [1.54, 1.807) is 29.7 Å². The Morgan fingerprint density at radius 1 is 0.957 bits per heavy atom. The van der Waals surface area contributed by atoms with Crippen LogP contribution in [0.5, 0.6) is 0 Å². The smallest absolute Gasteiger partial charge is 0.147 e. The summed E-state index contributed by atoms with van der Waals surface area (Å²) in [6.45, 7) is 14.1. The Bertz CT molecular complexity index is 601. The predicted octanol–water partition coefficient (Wildman–Crippen LogP) is 4.52. The van der Waals surface area contributed by atoms with Crippen molar-refractivity contribution in [2.75, 3.05) is 0 Å². The first-order valence-corrected chi connectivity index (χ1v) is 10.0. The largest absolute Gasteiger partial charge is 0.147 e. The molecular weight excluding hydrogens is 399 g/mol. The number of benzene rings is 1. The molecule has 0 nitrogen and oxygen atoms in total. The second kappa shape index (κ2) is 9.85. The molecule has 1 aliphatic carbocycles. The number of hydrogen-bond donors (Lipinski definition) is 0. The van der Waals surface area contributed by atoms with E-state index in [0.29, 0.717) is 0 Å². The molecule has 1 unspecified atom stereocenters. The van der Waals surface area contributed by atoms with Gasteiger partial charge in [-0.25, -0.2) is 0 Å². The van der Waals surface area contributed by atoms with Crippen LogP contribution in [0.25, 0.3) is 0 Å². The van der Waals surface area contributed by atoms with Crippen LogP contribution in [-0.4, -0.2) is 10.2 Å². The fraction of sp³-hybridized carbons (Fsp3) is 0.444. The van der Waals surface area contributed by atoms with Gasteiger partial charge in [0, 0.05) is 0 Å². The zero-order valence-electron chi connectivity index (χ0n) is 15.1. The van der Waals surface area contributed by atoms with Gasteiger partial charge in [-0.1, -0.05) is 0 Å². The van der Waals surface area contributed by atoms with Crippen molar-refractivity contribution >= 4 is 51.3 Å². The first-order chi connectivity index (χ1) is 9.23. The quantitative estimate of drug-likeness (QED) is 0.609. The van der Waals surface area contributed by atoms with Gasteiger partial charge in [-0.15, -0.1) is 37.2 Å². The summed E-state index contributed by atoms with van der Waals surface area (Å²) < 4.78 is 3.40. The Kier molecular flexibility index (Phi) is 11.0. The van der Waals surface area contributed by atoms with Crippen LogP contribution in [0.15, 0.2) is 44.5 Å². The molecule has 130 valence electrons. The molecule has 0 fully saturated rings. The molecular formula is C18H29Cl3SiTi. The van der Waals surface area contributed by atoms with Gasteiger partial charge in [0.05, 0.1) is 0 Å². The van der Waals surface area contributed by atoms with Gasteiger partial charge in [0.1, 0.15) is 0 Å². The van der Waals surface area contributed by atoms with Crippen molar-refractivity contribution in [2.45, 2.75) is 47.0 Å². The van der Waals surface area contributed by atoms with Crippen LogP contribution < -0.4 is 3.87 Å². The minimum atomic E-state index is -0.196. The molecule has 1 atom stereocenters.